The van der Waals surface area contributed by atoms with Crippen molar-refractivity contribution in [2.24, 2.45) is 5.41 Å². The van der Waals surface area contributed by atoms with Gasteiger partial charge in [0.1, 0.15) is 0 Å². The van der Waals surface area contributed by atoms with Crippen LogP contribution < -0.4 is 5.32 Å². The Morgan fingerprint density at radius 2 is 1.88 bits per heavy atom. The van der Waals surface area contributed by atoms with Crippen LogP contribution in [-0.2, 0) is 6.42 Å². The van der Waals surface area contributed by atoms with Crippen molar-refractivity contribution in [1.82, 2.24) is 5.32 Å². The standard InChI is InChI=1S/C13H17Cl2NO/c14-11-2-1-10(7-12(11)15)8-13(9-17)3-5-16-6-4-13/h1-2,7,16-17H,3-6,8-9H2. The molecular formula is C13H17Cl2NO. The number of piperidine rings is 1. The zero-order valence-electron chi connectivity index (χ0n) is 9.68. The fourth-order valence-electron chi connectivity index (χ4n) is 2.43. The average Bonchev–Trinajstić information content (AvgIpc) is 2.35. The molecule has 0 aliphatic carbocycles. The van der Waals surface area contributed by atoms with Gasteiger partial charge in [-0.05, 0) is 55.5 Å². The number of nitrogens with one attached hydrogen (secondary N) is 1. The van der Waals surface area contributed by atoms with Gasteiger partial charge in [-0.2, -0.15) is 0 Å². The van der Waals surface area contributed by atoms with Crippen LogP contribution in [0.4, 0.5) is 0 Å². The fourth-order valence-corrected chi connectivity index (χ4v) is 2.75. The summed E-state index contributed by atoms with van der Waals surface area (Å²) in [7, 11) is 0. The smallest absolute Gasteiger partial charge is 0.0595 e. The number of benzene rings is 1. The van der Waals surface area contributed by atoms with Gasteiger partial charge in [0.25, 0.3) is 0 Å². The molecule has 2 N–H and O–H groups in total. The number of aliphatic hydroxyl groups is 1. The lowest BCUT2D eigenvalue weighted by Crippen LogP contribution is -2.40. The third-order valence-corrected chi connectivity index (χ3v) is 4.30. The minimum absolute atomic E-state index is 0.00239. The van der Waals surface area contributed by atoms with Crippen molar-refractivity contribution < 1.29 is 5.11 Å². The first-order valence-electron chi connectivity index (χ1n) is 5.91. The quantitative estimate of drug-likeness (QED) is 0.888. The molecule has 0 bridgehead atoms. The summed E-state index contributed by atoms with van der Waals surface area (Å²) < 4.78 is 0. The van der Waals surface area contributed by atoms with Crippen LogP contribution >= 0.6 is 23.2 Å². The van der Waals surface area contributed by atoms with Crippen LogP contribution in [0.3, 0.4) is 0 Å². The summed E-state index contributed by atoms with van der Waals surface area (Å²) in [6.45, 7) is 2.18. The summed E-state index contributed by atoms with van der Waals surface area (Å²) in [4.78, 5) is 0. The Morgan fingerprint density at radius 1 is 1.18 bits per heavy atom. The average molecular weight is 274 g/mol. The first kappa shape index (κ1) is 13.2. The van der Waals surface area contributed by atoms with E-state index in [4.69, 9.17) is 23.2 Å². The lowest BCUT2D eigenvalue weighted by Gasteiger charge is -2.36. The second kappa shape index (κ2) is 5.57. The van der Waals surface area contributed by atoms with Crippen LogP contribution in [0, 0.1) is 5.41 Å². The molecule has 1 fully saturated rings. The maximum absolute atomic E-state index is 9.64. The van der Waals surface area contributed by atoms with E-state index in [1.807, 2.05) is 18.2 Å². The highest BCUT2D eigenvalue weighted by Gasteiger charge is 2.31. The molecule has 0 amide bonds. The van der Waals surface area contributed by atoms with Crippen LogP contribution in [0.15, 0.2) is 18.2 Å². The minimum Gasteiger partial charge on any atom is -0.396 e. The van der Waals surface area contributed by atoms with Gasteiger partial charge < -0.3 is 10.4 Å². The molecule has 1 heterocycles. The predicted octanol–water partition coefficient (Wildman–Crippen LogP) is 2.90. The molecule has 0 radical (unpaired) electrons. The normalized spacial score (nSPS) is 19.2. The second-order valence-corrected chi connectivity index (χ2v) is 5.65. The van der Waals surface area contributed by atoms with E-state index in [2.05, 4.69) is 5.32 Å². The molecule has 2 nitrogen and oxygen atoms in total. The van der Waals surface area contributed by atoms with Gasteiger partial charge in [-0.25, -0.2) is 0 Å². The van der Waals surface area contributed by atoms with Gasteiger partial charge in [-0.1, -0.05) is 29.3 Å². The summed E-state index contributed by atoms with van der Waals surface area (Å²) >= 11 is 11.9. The number of aliphatic hydroxyl groups excluding tert-OH is 1. The SMILES string of the molecule is OCC1(Cc2ccc(Cl)c(Cl)c2)CCNCC1. The van der Waals surface area contributed by atoms with Crippen molar-refractivity contribution in [2.75, 3.05) is 19.7 Å². The zero-order valence-corrected chi connectivity index (χ0v) is 11.2. The molecule has 0 unspecified atom stereocenters. The van der Waals surface area contributed by atoms with Crippen molar-refractivity contribution in [2.45, 2.75) is 19.3 Å². The third kappa shape index (κ3) is 3.14. The largest absolute Gasteiger partial charge is 0.396 e. The molecular weight excluding hydrogens is 257 g/mol. The summed E-state index contributed by atoms with van der Waals surface area (Å²) in [5.74, 6) is 0. The van der Waals surface area contributed by atoms with E-state index in [0.29, 0.717) is 10.0 Å². The van der Waals surface area contributed by atoms with E-state index in [1.165, 1.54) is 0 Å². The van der Waals surface area contributed by atoms with Crippen LogP contribution in [0.1, 0.15) is 18.4 Å². The maximum Gasteiger partial charge on any atom is 0.0595 e. The molecule has 94 valence electrons. The van der Waals surface area contributed by atoms with Gasteiger partial charge in [0.2, 0.25) is 0 Å². The van der Waals surface area contributed by atoms with E-state index in [9.17, 15) is 5.11 Å². The summed E-state index contributed by atoms with van der Waals surface area (Å²) in [5, 5.41) is 14.1. The Balaban J connectivity index is 2.14. The van der Waals surface area contributed by atoms with Crippen molar-refractivity contribution in [3.63, 3.8) is 0 Å². The summed E-state index contributed by atoms with van der Waals surface area (Å²) in [5.41, 5.74) is 1.15. The molecule has 2 rings (SSSR count). The molecule has 1 aromatic carbocycles. The fraction of sp³-hybridized carbons (Fsp3) is 0.538. The van der Waals surface area contributed by atoms with Gasteiger partial charge in [0, 0.05) is 6.61 Å². The van der Waals surface area contributed by atoms with Gasteiger partial charge in [-0.3, -0.25) is 0 Å². The minimum atomic E-state index is 0.00239. The number of hydrogen-bond donors (Lipinski definition) is 2. The highest BCUT2D eigenvalue weighted by molar-refractivity contribution is 6.42. The maximum atomic E-state index is 9.64. The Bertz CT molecular complexity index is 389. The van der Waals surface area contributed by atoms with Crippen LogP contribution in [0.2, 0.25) is 10.0 Å². The van der Waals surface area contributed by atoms with Gasteiger partial charge in [-0.15, -0.1) is 0 Å². The third-order valence-electron chi connectivity index (χ3n) is 3.56. The molecule has 1 saturated heterocycles. The van der Waals surface area contributed by atoms with Crippen LogP contribution in [0.5, 0.6) is 0 Å². The summed E-state index contributed by atoms with van der Waals surface area (Å²) in [6.07, 6.45) is 2.87. The highest BCUT2D eigenvalue weighted by Crippen LogP contribution is 2.34. The van der Waals surface area contributed by atoms with Crippen molar-refractivity contribution in [3.8, 4) is 0 Å². The molecule has 4 heteroatoms. The predicted molar refractivity (Wildman–Crippen MR) is 71.8 cm³/mol. The van der Waals surface area contributed by atoms with E-state index >= 15 is 0 Å². The highest BCUT2D eigenvalue weighted by atomic mass is 35.5. The molecule has 17 heavy (non-hydrogen) atoms. The molecule has 0 saturated carbocycles. The molecule has 0 spiro atoms. The van der Waals surface area contributed by atoms with Crippen molar-refractivity contribution in [3.05, 3.63) is 33.8 Å². The van der Waals surface area contributed by atoms with Crippen LogP contribution in [0.25, 0.3) is 0 Å². The van der Waals surface area contributed by atoms with E-state index < -0.39 is 0 Å². The second-order valence-electron chi connectivity index (χ2n) is 4.83. The van der Waals surface area contributed by atoms with Gasteiger partial charge >= 0.3 is 0 Å². The molecule has 1 aliphatic heterocycles. The van der Waals surface area contributed by atoms with E-state index in [-0.39, 0.29) is 12.0 Å². The molecule has 0 atom stereocenters. The zero-order chi connectivity index (χ0) is 12.3. The lowest BCUT2D eigenvalue weighted by molar-refractivity contribution is 0.0893. The first-order chi connectivity index (χ1) is 8.15. The van der Waals surface area contributed by atoms with Crippen molar-refractivity contribution >= 4 is 23.2 Å². The Morgan fingerprint density at radius 3 is 2.47 bits per heavy atom. The molecule has 1 aliphatic rings. The van der Waals surface area contributed by atoms with E-state index in [0.717, 1.165) is 37.9 Å². The lowest BCUT2D eigenvalue weighted by atomic mass is 9.75. The van der Waals surface area contributed by atoms with Gasteiger partial charge in [0.05, 0.1) is 10.0 Å². The Hall–Kier alpha value is -0.280. The molecule has 1 aromatic rings. The van der Waals surface area contributed by atoms with Gasteiger partial charge in [0.15, 0.2) is 0 Å². The topological polar surface area (TPSA) is 32.3 Å². The monoisotopic (exact) mass is 273 g/mol. The Kier molecular flexibility index (Phi) is 4.31. The number of halogens is 2. The summed E-state index contributed by atoms with van der Waals surface area (Å²) in [6, 6.07) is 5.72. The molecule has 0 aromatic heterocycles. The van der Waals surface area contributed by atoms with E-state index in [1.54, 1.807) is 0 Å². The van der Waals surface area contributed by atoms with Crippen molar-refractivity contribution in [1.29, 1.82) is 0 Å². The number of rotatable bonds is 3. The Labute approximate surface area is 112 Å². The van der Waals surface area contributed by atoms with Crippen LogP contribution in [-0.4, -0.2) is 24.8 Å². The number of hydrogen-bond acceptors (Lipinski definition) is 2. The first-order valence-corrected chi connectivity index (χ1v) is 6.66.